The van der Waals surface area contributed by atoms with Gasteiger partial charge in [0, 0.05) is 21.7 Å². The predicted octanol–water partition coefficient (Wildman–Crippen LogP) is 4.75. The van der Waals surface area contributed by atoms with Crippen LogP contribution in [0.3, 0.4) is 0 Å². The van der Waals surface area contributed by atoms with Crippen LogP contribution >= 0.6 is 11.6 Å². The highest BCUT2D eigenvalue weighted by Crippen LogP contribution is 2.28. The number of amides is 1. The molecule has 0 aliphatic carbocycles. The van der Waals surface area contributed by atoms with Gasteiger partial charge in [0.25, 0.3) is 5.91 Å². The summed E-state index contributed by atoms with van der Waals surface area (Å²) in [6.07, 6.45) is 0. The Balaban J connectivity index is 1.99. The molecule has 4 heteroatoms. The SMILES string of the molecule is COc1ccc(C(=O)Nc2ccc(Cl)cc2)c2ccccc12. The second kappa shape index (κ2) is 6.08. The van der Waals surface area contributed by atoms with Gasteiger partial charge in [0.15, 0.2) is 0 Å². The van der Waals surface area contributed by atoms with Crippen molar-refractivity contribution in [3.05, 3.63) is 71.2 Å². The molecule has 3 aromatic rings. The number of hydrogen-bond donors (Lipinski definition) is 1. The van der Waals surface area contributed by atoms with Gasteiger partial charge in [0.1, 0.15) is 5.75 Å². The van der Waals surface area contributed by atoms with Gasteiger partial charge in [-0.05, 0) is 41.8 Å². The smallest absolute Gasteiger partial charge is 0.256 e. The Morgan fingerprint density at radius 3 is 2.32 bits per heavy atom. The zero-order valence-corrected chi connectivity index (χ0v) is 12.7. The van der Waals surface area contributed by atoms with Crippen molar-refractivity contribution in [2.24, 2.45) is 0 Å². The molecular formula is C18H14ClNO2. The fourth-order valence-electron chi connectivity index (χ4n) is 2.38. The fraction of sp³-hybridized carbons (Fsp3) is 0.0556. The highest BCUT2D eigenvalue weighted by atomic mass is 35.5. The van der Waals surface area contributed by atoms with Crippen LogP contribution in [0.5, 0.6) is 5.75 Å². The van der Waals surface area contributed by atoms with E-state index in [-0.39, 0.29) is 5.91 Å². The van der Waals surface area contributed by atoms with Crippen LogP contribution in [-0.4, -0.2) is 13.0 Å². The quantitative estimate of drug-likeness (QED) is 0.757. The molecule has 0 unspecified atom stereocenters. The first-order valence-corrected chi connectivity index (χ1v) is 7.19. The molecule has 110 valence electrons. The molecule has 22 heavy (non-hydrogen) atoms. The molecule has 3 aromatic carbocycles. The Kier molecular flexibility index (Phi) is 3.98. The van der Waals surface area contributed by atoms with Crippen LogP contribution in [0.1, 0.15) is 10.4 Å². The highest BCUT2D eigenvalue weighted by molar-refractivity contribution is 6.30. The van der Waals surface area contributed by atoms with Gasteiger partial charge in [-0.25, -0.2) is 0 Å². The Labute approximate surface area is 133 Å². The average Bonchev–Trinajstić information content (AvgIpc) is 2.56. The summed E-state index contributed by atoms with van der Waals surface area (Å²) >= 11 is 5.85. The van der Waals surface area contributed by atoms with Crippen LogP contribution in [0, 0.1) is 0 Å². The molecule has 3 rings (SSSR count). The van der Waals surface area contributed by atoms with Crippen LogP contribution in [0.15, 0.2) is 60.7 Å². The number of carbonyl (C=O) groups excluding carboxylic acids is 1. The predicted molar refractivity (Wildman–Crippen MR) is 89.9 cm³/mol. The summed E-state index contributed by atoms with van der Waals surface area (Å²) in [5, 5.41) is 5.27. The molecule has 0 fully saturated rings. The lowest BCUT2D eigenvalue weighted by atomic mass is 10.0. The van der Waals surface area contributed by atoms with Crippen molar-refractivity contribution in [3.8, 4) is 5.75 Å². The minimum absolute atomic E-state index is 0.166. The Morgan fingerprint density at radius 1 is 0.955 bits per heavy atom. The molecule has 0 aromatic heterocycles. The maximum Gasteiger partial charge on any atom is 0.256 e. The van der Waals surface area contributed by atoms with Gasteiger partial charge in [0.05, 0.1) is 7.11 Å². The summed E-state index contributed by atoms with van der Waals surface area (Å²) in [7, 11) is 1.62. The normalized spacial score (nSPS) is 10.5. The van der Waals surface area contributed by atoms with E-state index in [0.717, 1.165) is 16.5 Å². The van der Waals surface area contributed by atoms with Crippen molar-refractivity contribution in [2.75, 3.05) is 12.4 Å². The maximum absolute atomic E-state index is 12.5. The zero-order valence-electron chi connectivity index (χ0n) is 12.0. The van der Waals surface area contributed by atoms with E-state index < -0.39 is 0 Å². The Morgan fingerprint density at radius 2 is 1.64 bits per heavy atom. The summed E-state index contributed by atoms with van der Waals surface area (Å²) in [6, 6.07) is 18.3. The average molecular weight is 312 g/mol. The number of nitrogens with one attached hydrogen (secondary N) is 1. The summed E-state index contributed by atoms with van der Waals surface area (Å²) in [4.78, 5) is 12.5. The molecule has 0 radical (unpaired) electrons. The lowest BCUT2D eigenvalue weighted by Gasteiger charge is -2.11. The van der Waals surface area contributed by atoms with Gasteiger partial charge >= 0.3 is 0 Å². The molecule has 0 saturated heterocycles. The summed E-state index contributed by atoms with van der Waals surface area (Å²) < 4.78 is 5.35. The Hall–Kier alpha value is -2.52. The summed E-state index contributed by atoms with van der Waals surface area (Å²) in [5.74, 6) is 0.583. The van der Waals surface area contributed by atoms with E-state index >= 15 is 0 Å². The fourth-order valence-corrected chi connectivity index (χ4v) is 2.51. The van der Waals surface area contributed by atoms with E-state index in [1.54, 1.807) is 43.5 Å². The number of carbonyl (C=O) groups is 1. The van der Waals surface area contributed by atoms with E-state index in [2.05, 4.69) is 5.32 Å². The first-order chi connectivity index (χ1) is 10.7. The van der Waals surface area contributed by atoms with E-state index in [9.17, 15) is 4.79 Å². The van der Waals surface area contributed by atoms with Crippen molar-refractivity contribution in [2.45, 2.75) is 0 Å². The molecule has 0 atom stereocenters. The highest BCUT2D eigenvalue weighted by Gasteiger charge is 2.12. The number of methoxy groups -OCH3 is 1. The Bertz CT molecular complexity index is 828. The lowest BCUT2D eigenvalue weighted by Crippen LogP contribution is -2.12. The topological polar surface area (TPSA) is 38.3 Å². The molecular weight excluding hydrogens is 298 g/mol. The number of halogens is 1. The molecule has 1 amide bonds. The van der Waals surface area contributed by atoms with Crippen LogP contribution in [0.25, 0.3) is 10.8 Å². The minimum atomic E-state index is -0.166. The molecule has 0 aliphatic heterocycles. The third-order valence-electron chi connectivity index (χ3n) is 3.45. The monoisotopic (exact) mass is 311 g/mol. The molecule has 0 aliphatic rings. The van der Waals surface area contributed by atoms with Gasteiger partial charge < -0.3 is 10.1 Å². The minimum Gasteiger partial charge on any atom is -0.496 e. The van der Waals surface area contributed by atoms with Crippen molar-refractivity contribution in [3.63, 3.8) is 0 Å². The number of benzene rings is 3. The van der Waals surface area contributed by atoms with Crippen LogP contribution in [0.2, 0.25) is 5.02 Å². The van der Waals surface area contributed by atoms with Crippen molar-refractivity contribution in [1.82, 2.24) is 0 Å². The maximum atomic E-state index is 12.5. The summed E-state index contributed by atoms with van der Waals surface area (Å²) in [5.41, 5.74) is 1.31. The summed E-state index contributed by atoms with van der Waals surface area (Å²) in [6.45, 7) is 0. The number of ether oxygens (including phenoxy) is 1. The zero-order chi connectivity index (χ0) is 15.5. The van der Waals surface area contributed by atoms with Crippen molar-refractivity contribution >= 4 is 34.0 Å². The van der Waals surface area contributed by atoms with E-state index in [0.29, 0.717) is 16.3 Å². The number of anilines is 1. The van der Waals surface area contributed by atoms with Crippen LogP contribution in [-0.2, 0) is 0 Å². The molecule has 0 saturated carbocycles. The van der Waals surface area contributed by atoms with E-state index in [4.69, 9.17) is 16.3 Å². The second-order valence-electron chi connectivity index (χ2n) is 4.82. The largest absolute Gasteiger partial charge is 0.496 e. The molecule has 1 N–H and O–H groups in total. The van der Waals surface area contributed by atoms with Gasteiger partial charge in [-0.15, -0.1) is 0 Å². The molecule has 0 heterocycles. The number of hydrogen-bond acceptors (Lipinski definition) is 2. The van der Waals surface area contributed by atoms with Crippen molar-refractivity contribution < 1.29 is 9.53 Å². The van der Waals surface area contributed by atoms with Gasteiger partial charge in [-0.2, -0.15) is 0 Å². The standard InChI is InChI=1S/C18H14ClNO2/c1-22-17-11-10-16(14-4-2-3-5-15(14)17)18(21)20-13-8-6-12(19)7-9-13/h2-11H,1H3,(H,20,21). The molecule has 0 bridgehead atoms. The van der Waals surface area contributed by atoms with E-state index in [1.807, 2.05) is 24.3 Å². The van der Waals surface area contributed by atoms with Gasteiger partial charge in [-0.3, -0.25) is 4.79 Å². The molecule has 0 spiro atoms. The number of fused-ring (bicyclic) bond motifs is 1. The molecule has 3 nitrogen and oxygen atoms in total. The van der Waals surface area contributed by atoms with Crippen molar-refractivity contribution in [1.29, 1.82) is 0 Å². The lowest BCUT2D eigenvalue weighted by molar-refractivity contribution is 0.102. The third-order valence-corrected chi connectivity index (χ3v) is 3.70. The first-order valence-electron chi connectivity index (χ1n) is 6.81. The van der Waals surface area contributed by atoms with Gasteiger partial charge in [-0.1, -0.05) is 35.9 Å². The van der Waals surface area contributed by atoms with E-state index in [1.165, 1.54) is 0 Å². The second-order valence-corrected chi connectivity index (χ2v) is 5.26. The first kappa shape index (κ1) is 14.4. The van der Waals surface area contributed by atoms with Crippen LogP contribution in [0.4, 0.5) is 5.69 Å². The van der Waals surface area contributed by atoms with Crippen LogP contribution < -0.4 is 10.1 Å². The number of rotatable bonds is 3. The third kappa shape index (κ3) is 2.76. The van der Waals surface area contributed by atoms with Gasteiger partial charge in [0.2, 0.25) is 0 Å².